The van der Waals surface area contributed by atoms with Crippen molar-refractivity contribution in [2.24, 2.45) is 0 Å². The first kappa shape index (κ1) is 38.9. The second-order valence-corrected chi connectivity index (χ2v) is 8.54. The Morgan fingerprint density at radius 3 is 1.33 bits per heavy atom. The number of hydrogen-bond acceptors (Lipinski definition) is 8. The van der Waals surface area contributed by atoms with Gasteiger partial charge in [-0.15, -0.1) is 0 Å². The number of carboxylic acid groups (broad SMARTS) is 2. The Hall–Kier alpha value is -1.61. The zero-order chi connectivity index (χ0) is 26.6. The Bertz CT molecular complexity index is 552. The molecule has 0 rings (SSSR count). The van der Waals surface area contributed by atoms with Crippen molar-refractivity contribution in [1.29, 1.82) is 0 Å². The van der Waals surface area contributed by atoms with E-state index in [1.165, 1.54) is 83.5 Å². The number of rotatable bonds is 23. The summed E-state index contributed by atoms with van der Waals surface area (Å²) in [4.78, 5) is 41.3. The number of hydrogen-bond donors (Lipinski definition) is 0. The molecule has 0 radical (unpaired) electrons. The van der Waals surface area contributed by atoms with Crippen LogP contribution in [0.25, 0.3) is 0 Å². The van der Waals surface area contributed by atoms with E-state index in [1.807, 2.05) is 0 Å². The quantitative estimate of drug-likeness (QED) is 0.0862. The van der Waals surface area contributed by atoms with E-state index >= 15 is 0 Å². The van der Waals surface area contributed by atoms with E-state index in [0.717, 1.165) is 18.9 Å². The van der Waals surface area contributed by atoms with Crippen molar-refractivity contribution in [3.8, 4) is 0 Å². The van der Waals surface area contributed by atoms with Crippen molar-refractivity contribution in [2.75, 3.05) is 13.2 Å². The third kappa shape index (κ3) is 36.9. The number of esters is 2. The molecule has 0 amide bonds. The van der Waals surface area contributed by atoms with Crippen LogP contribution in [0.3, 0.4) is 0 Å². The minimum Gasteiger partial charge on any atom is -0.550 e. The van der Waals surface area contributed by atoms with Crippen LogP contribution in [0, 0.1) is 0 Å². The largest absolute Gasteiger partial charge is 2.00 e. The first-order chi connectivity index (χ1) is 16.8. The summed E-state index contributed by atoms with van der Waals surface area (Å²) in [5.74, 6) is -3.43. The molecule has 0 saturated heterocycles. The monoisotopic (exact) mass is 522 g/mol. The number of carboxylic acids is 2. The molecule has 0 fully saturated rings. The molecule has 0 heterocycles. The number of carbonyl (C=O) groups is 4. The van der Waals surface area contributed by atoms with Gasteiger partial charge < -0.3 is 29.3 Å². The standard InChI is InChI=1S/C23H42O4.C4H6O4.Mg/c1-3-5-6-7-8-9-10-11-12-13-14-15-16-17-18-19-23(25)27-21-20-26-22(24)4-2;5-3(6)1-2-4(7)8;/h4H,2-3,5-21H2,1H3;1-2H2,(H,5,6)(H,7,8);/q;;+2/p-2. The SMILES string of the molecule is C=CC(=O)OCCOC(=O)CCCCCCCCCCCCCCCCC.O=C([O-])CCC(=O)[O-].[Mg+2]. The van der Waals surface area contributed by atoms with Crippen LogP contribution in [-0.4, -0.2) is 60.1 Å². The number of carbonyl (C=O) groups excluding carboxylic acids is 4. The van der Waals surface area contributed by atoms with Crippen LogP contribution in [0.2, 0.25) is 0 Å². The zero-order valence-corrected chi connectivity index (χ0v) is 23.8. The number of unbranched alkanes of at least 4 members (excludes halogenated alkanes) is 14. The van der Waals surface area contributed by atoms with Crippen molar-refractivity contribution < 1.29 is 38.9 Å². The van der Waals surface area contributed by atoms with Crippen molar-refractivity contribution in [1.82, 2.24) is 0 Å². The van der Waals surface area contributed by atoms with Gasteiger partial charge in [0.05, 0.1) is 0 Å². The number of ether oxygens (including phenoxy) is 2. The summed E-state index contributed by atoms with van der Waals surface area (Å²) in [5.41, 5.74) is 0. The van der Waals surface area contributed by atoms with Crippen molar-refractivity contribution in [3.05, 3.63) is 12.7 Å². The first-order valence-electron chi connectivity index (χ1n) is 13.2. The summed E-state index contributed by atoms with van der Waals surface area (Å²) in [6.45, 7) is 5.78. The van der Waals surface area contributed by atoms with Crippen molar-refractivity contribution in [3.63, 3.8) is 0 Å². The third-order valence-electron chi connectivity index (χ3n) is 5.28. The van der Waals surface area contributed by atoms with Gasteiger partial charge in [0.15, 0.2) is 0 Å². The Labute approximate surface area is 233 Å². The van der Waals surface area contributed by atoms with E-state index in [4.69, 9.17) is 9.47 Å². The molecule has 0 unspecified atom stereocenters. The van der Waals surface area contributed by atoms with E-state index in [1.54, 1.807) is 0 Å². The number of aliphatic carboxylic acids is 2. The molecule has 36 heavy (non-hydrogen) atoms. The fraction of sp³-hybridized carbons (Fsp3) is 0.778. The molecule has 0 aliphatic carbocycles. The van der Waals surface area contributed by atoms with E-state index in [2.05, 4.69) is 13.5 Å². The normalized spacial score (nSPS) is 9.81. The van der Waals surface area contributed by atoms with Crippen LogP contribution in [-0.2, 0) is 28.7 Å². The van der Waals surface area contributed by atoms with Crippen LogP contribution in [0.5, 0.6) is 0 Å². The molecule has 204 valence electrons. The topological polar surface area (TPSA) is 133 Å². The van der Waals surface area contributed by atoms with Crippen molar-refractivity contribution >= 4 is 46.9 Å². The van der Waals surface area contributed by atoms with Gasteiger partial charge in [0.2, 0.25) is 0 Å². The van der Waals surface area contributed by atoms with Gasteiger partial charge in [0.1, 0.15) is 13.2 Å². The van der Waals surface area contributed by atoms with Crippen LogP contribution in [0.4, 0.5) is 0 Å². The Morgan fingerprint density at radius 1 is 0.611 bits per heavy atom. The molecule has 0 saturated carbocycles. The van der Waals surface area contributed by atoms with E-state index in [-0.39, 0.29) is 42.2 Å². The van der Waals surface area contributed by atoms with Crippen LogP contribution in [0.15, 0.2) is 12.7 Å². The second-order valence-electron chi connectivity index (χ2n) is 8.54. The molecule has 0 aliphatic heterocycles. The predicted octanol–water partition coefficient (Wildman–Crippen LogP) is 3.41. The van der Waals surface area contributed by atoms with E-state index in [0.29, 0.717) is 6.42 Å². The predicted molar refractivity (Wildman–Crippen MR) is 137 cm³/mol. The van der Waals surface area contributed by atoms with E-state index in [9.17, 15) is 29.4 Å². The van der Waals surface area contributed by atoms with E-state index < -0.39 is 30.7 Å². The van der Waals surface area contributed by atoms with Gasteiger partial charge in [0, 0.05) is 24.4 Å². The fourth-order valence-corrected chi connectivity index (χ4v) is 3.27. The molecule has 0 bridgehead atoms. The van der Waals surface area contributed by atoms with Gasteiger partial charge in [0.25, 0.3) is 0 Å². The van der Waals surface area contributed by atoms with Crippen LogP contribution in [0.1, 0.15) is 122 Å². The molecular weight excluding hydrogens is 477 g/mol. The fourth-order valence-electron chi connectivity index (χ4n) is 3.27. The molecule has 0 aromatic carbocycles. The Balaban J connectivity index is -0.00000104. The van der Waals surface area contributed by atoms with Crippen LogP contribution < -0.4 is 10.2 Å². The van der Waals surface area contributed by atoms with Gasteiger partial charge in [-0.3, -0.25) is 4.79 Å². The summed E-state index contributed by atoms with van der Waals surface area (Å²) in [5, 5.41) is 19.0. The summed E-state index contributed by atoms with van der Waals surface area (Å²) >= 11 is 0. The molecule has 0 N–H and O–H groups in total. The molecule has 0 aromatic rings. The third-order valence-corrected chi connectivity index (χ3v) is 5.28. The van der Waals surface area contributed by atoms with Gasteiger partial charge in [-0.2, -0.15) is 0 Å². The molecule has 0 spiro atoms. The minimum absolute atomic E-state index is 0. The Morgan fingerprint density at radius 2 is 0.972 bits per heavy atom. The smallest absolute Gasteiger partial charge is 0.550 e. The maximum Gasteiger partial charge on any atom is 2.00 e. The summed E-state index contributed by atoms with van der Waals surface area (Å²) in [6.07, 6.45) is 20.3. The average molecular weight is 523 g/mol. The first-order valence-corrected chi connectivity index (χ1v) is 13.2. The summed E-state index contributed by atoms with van der Waals surface area (Å²) in [7, 11) is 0. The average Bonchev–Trinajstić information content (AvgIpc) is 2.83. The van der Waals surface area contributed by atoms with Gasteiger partial charge in [-0.05, 0) is 19.3 Å². The summed E-state index contributed by atoms with van der Waals surface area (Å²) < 4.78 is 9.74. The van der Waals surface area contributed by atoms with Gasteiger partial charge >= 0.3 is 35.0 Å². The maximum absolute atomic E-state index is 11.5. The molecule has 8 nitrogen and oxygen atoms in total. The molecule has 9 heteroatoms. The molecule has 0 aliphatic rings. The molecule has 0 atom stereocenters. The molecular formula is C27H46MgO8. The Kier molecular flexibility index (Phi) is 34.0. The summed E-state index contributed by atoms with van der Waals surface area (Å²) in [6, 6.07) is 0. The second kappa shape index (κ2) is 31.4. The zero-order valence-electron chi connectivity index (χ0n) is 22.4. The van der Waals surface area contributed by atoms with Gasteiger partial charge in [-0.25, -0.2) is 4.79 Å². The van der Waals surface area contributed by atoms with Gasteiger partial charge in [-0.1, -0.05) is 103 Å². The molecule has 0 aromatic heterocycles. The maximum atomic E-state index is 11.5. The van der Waals surface area contributed by atoms with Crippen molar-refractivity contribution in [2.45, 2.75) is 122 Å². The van der Waals surface area contributed by atoms with Crippen LogP contribution >= 0.6 is 0 Å². The minimum atomic E-state index is -1.37.